The third kappa shape index (κ3) is 7.35. The molecule has 2 atom stereocenters. The Bertz CT molecular complexity index is 2030. The predicted octanol–water partition coefficient (Wildman–Crippen LogP) is 6.34. The van der Waals surface area contributed by atoms with Crippen molar-refractivity contribution >= 4 is 51.6 Å². The van der Waals surface area contributed by atoms with Crippen LogP contribution >= 0.6 is 11.6 Å². The third-order valence-corrected chi connectivity index (χ3v) is 9.39. The number of para-hydroxylation sites is 1. The zero-order chi connectivity index (χ0) is 35.3. The third-order valence-electron chi connectivity index (χ3n) is 9.15. The van der Waals surface area contributed by atoms with Crippen molar-refractivity contribution < 1.29 is 24.6 Å². The van der Waals surface area contributed by atoms with Gasteiger partial charge in [0.25, 0.3) is 5.91 Å². The van der Waals surface area contributed by atoms with Crippen LogP contribution in [0.2, 0.25) is 5.02 Å². The molecule has 9 nitrogen and oxygen atoms in total. The molecule has 0 fully saturated rings. The lowest BCUT2D eigenvalue weighted by atomic mass is 9.83. The van der Waals surface area contributed by atoms with Gasteiger partial charge >= 0.3 is 0 Å². The molecule has 0 radical (unpaired) electrons. The summed E-state index contributed by atoms with van der Waals surface area (Å²) in [5.74, 6) is -1.52. The Kier molecular flexibility index (Phi) is 10.5. The number of aliphatic hydroxyl groups excluding tert-OH is 1. The summed E-state index contributed by atoms with van der Waals surface area (Å²) >= 11 is 6.35. The van der Waals surface area contributed by atoms with Gasteiger partial charge in [-0.25, -0.2) is 0 Å². The molecule has 4 aromatic carbocycles. The maximum atomic E-state index is 14.0. The minimum atomic E-state index is -1.91. The Hall–Kier alpha value is -5.22. The topological polar surface area (TPSA) is 126 Å². The molecule has 5 aromatic rings. The normalized spacial score (nSPS) is 16.2. The molecule has 6 rings (SSSR count). The molecule has 3 amide bonds. The maximum Gasteiger partial charge on any atom is 0.264 e. The van der Waals surface area contributed by atoms with Gasteiger partial charge in [-0.15, -0.1) is 0 Å². The number of aromatic amines is 1. The summed E-state index contributed by atoms with van der Waals surface area (Å²) in [6.45, 7) is 2.31. The van der Waals surface area contributed by atoms with Crippen LogP contribution in [-0.2, 0) is 39.5 Å². The van der Waals surface area contributed by atoms with Crippen LogP contribution in [0.15, 0.2) is 115 Å². The first-order valence-corrected chi connectivity index (χ1v) is 16.9. The minimum absolute atomic E-state index is 0.0399. The Morgan fingerprint density at radius 1 is 1.00 bits per heavy atom. The summed E-state index contributed by atoms with van der Waals surface area (Å²) in [6.07, 6.45) is 5.45. The highest BCUT2D eigenvalue weighted by molar-refractivity contribution is 6.31. The van der Waals surface area contributed by atoms with Gasteiger partial charge in [-0.1, -0.05) is 91.3 Å². The van der Waals surface area contributed by atoms with E-state index in [1.165, 1.54) is 4.90 Å². The van der Waals surface area contributed by atoms with Gasteiger partial charge in [0.2, 0.25) is 11.8 Å². The van der Waals surface area contributed by atoms with Gasteiger partial charge < -0.3 is 30.3 Å². The van der Waals surface area contributed by atoms with Crippen LogP contribution in [0.4, 0.5) is 11.4 Å². The number of hydrogen-bond acceptors (Lipinski definition) is 5. The van der Waals surface area contributed by atoms with Crippen molar-refractivity contribution in [3.05, 3.63) is 143 Å². The highest BCUT2D eigenvalue weighted by Crippen LogP contribution is 2.46. The van der Waals surface area contributed by atoms with Gasteiger partial charge in [0.1, 0.15) is 0 Å². The number of aliphatic hydroxyl groups is 2. The SMILES string of the molecule is C[C@H](/C=C/CC(=O)N(CCO)Cc1ccccc1)[C@@]1(O)C(=O)N(Cc2ccc(NC(=O)Cc3c[nH]c4ccccc34)cc2)c2ccc(Cl)cc21. The standard InChI is InChI=1S/C40H39ClN4O5/c1-27(8-7-13-38(48)44(20-21-46)25-28-9-3-2-4-10-28)40(50)34-23-31(41)16-19-36(34)45(39(40)49)26-29-14-17-32(18-15-29)43-37(47)22-30-24-42-35-12-6-5-11-33(30)35/h2-12,14-19,23-24,27,42,46,50H,13,20-22,25-26H2,1H3,(H,43,47)/b8-7+/t27-,40+/m1/s1. The second-order valence-electron chi connectivity index (χ2n) is 12.5. The zero-order valence-electron chi connectivity index (χ0n) is 27.7. The van der Waals surface area contributed by atoms with E-state index < -0.39 is 17.4 Å². The molecule has 1 aliphatic heterocycles. The van der Waals surface area contributed by atoms with E-state index in [2.05, 4.69) is 10.3 Å². The van der Waals surface area contributed by atoms with E-state index in [0.717, 1.165) is 27.6 Å². The highest BCUT2D eigenvalue weighted by atomic mass is 35.5. The van der Waals surface area contributed by atoms with Gasteiger partial charge in [-0.3, -0.25) is 14.4 Å². The first-order chi connectivity index (χ1) is 24.2. The van der Waals surface area contributed by atoms with Crippen molar-refractivity contribution in [1.82, 2.24) is 9.88 Å². The van der Waals surface area contributed by atoms with Crippen molar-refractivity contribution in [3.8, 4) is 0 Å². The molecule has 0 saturated carbocycles. The number of nitrogens with one attached hydrogen (secondary N) is 2. The van der Waals surface area contributed by atoms with Crippen molar-refractivity contribution in [2.24, 2.45) is 5.92 Å². The monoisotopic (exact) mass is 690 g/mol. The van der Waals surface area contributed by atoms with Crippen molar-refractivity contribution in [3.63, 3.8) is 0 Å². The number of carbonyl (C=O) groups excluding carboxylic acids is 3. The number of nitrogens with zero attached hydrogens (tertiary/aromatic N) is 2. The van der Waals surface area contributed by atoms with Crippen LogP contribution in [0.1, 0.15) is 35.6 Å². The molecule has 1 aliphatic rings. The number of H-pyrrole nitrogens is 1. The summed E-state index contributed by atoms with van der Waals surface area (Å²) in [5, 5.41) is 25.9. The summed E-state index contributed by atoms with van der Waals surface area (Å²) < 4.78 is 0. The number of fused-ring (bicyclic) bond motifs is 2. The Morgan fingerprint density at radius 3 is 2.50 bits per heavy atom. The fourth-order valence-corrected chi connectivity index (χ4v) is 6.64. The van der Waals surface area contributed by atoms with Crippen LogP contribution in [-0.4, -0.2) is 51.0 Å². The molecule has 256 valence electrons. The number of aromatic nitrogens is 1. The van der Waals surface area contributed by atoms with Gasteiger partial charge in [0, 0.05) is 58.8 Å². The molecule has 50 heavy (non-hydrogen) atoms. The number of halogens is 1. The van der Waals surface area contributed by atoms with E-state index in [1.807, 2.05) is 72.9 Å². The molecular formula is C40H39ClN4O5. The van der Waals surface area contributed by atoms with Gasteiger partial charge in [0.15, 0.2) is 5.60 Å². The molecule has 0 saturated heterocycles. The van der Waals surface area contributed by atoms with E-state index >= 15 is 0 Å². The van der Waals surface area contributed by atoms with Gasteiger partial charge in [-0.2, -0.15) is 0 Å². The van der Waals surface area contributed by atoms with Crippen LogP contribution in [0.25, 0.3) is 10.9 Å². The number of rotatable bonds is 13. The van der Waals surface area contributed by atoms with E-state index in [-0.39, 0.29) is 44.4 Å². The molecular weight excluding hydrogens is 652 g/mol. The van der Waals surface area contributed by atoms with Crippen molar-refractivity contribution in [2.75, 3.05) is 23.4 Å². The maximum absolute atomic E-state index is 14.0. The Balaban J connectivity index is 1.12. The zero-order valence-corrected chi connectivity index (χ0v) is 28.4. The van der Waals surface area contributed by atoms with E-state index in [0.29, 0.717) is 28.5 Å². The molecule has 0 aliphatic carbocycles. The van der Waals surface area contributed by atoms with E-state index in [1.54, 1.807) is 54.3 Å². The fraction of sp³-hybridized carbons (Fsp3) is 0.225. The molecule has 0 bridgehead atoms. The molecule has 0 unspecified atom stereocenters. The number of amides is 3. The number of hydrogen-bond donors (Lipinski definition) is 4. The lowest BCUT2D eigenvalue weighted by molar-refractivity contribution is -0.139. The van der Waals surface area contributed by atoms with Crippen LogP contribution < -0.4 is 10.2 Å². The second kappa shape index (κ2) is 15.1. The second-order valence-corrected chi connectivity index (χ2v) is 13.0. The average Bonchev–Trinajstić information content (AvgIpc) is 3.61. The number of carbonyl (C=O) groups is 3. The quantitative estimate of drug-likeness (QED) is 0.107. The molecule has 2 heterocycles. The Labute approximate surface area is 295 Å². The lowest BCUT2D eigenvalue weighted by Gasteiger charge is -2.28. The van der Waals surface area contributed by atoms with Crippen molar-refractivity contribution in [2.45, 2.75) is 38.5 Å². The van der Waals surface area contributed by atoms with Gasteiger partial charge in [-0.05, 0) is 53.1 Å². The summed E-state index contributed by atoms with van der Waals surface area (Å²) in [6, 6.07) is 29.6. The Morgan fingerprint density at radius 2 is 1.74 bits per heavy atom. The van der Waals surface area contributed by atoms with Crippen LogP contribution in [0, 0.1) is 5.92 Å². The molecule has 10 heteroatoms. The first kappa shape index (κ1) is 34.6. The largest absolute Gasteiger partial charge is 0.395 e. The number of benzene rings is 4. The summed E-state index contributed by atoms with van der Waals surface area (Å²) in [5.41, 5.74) is 3.30. The molecule has 1 aromatic heterocycles. The lowest BCUT2D eigenvalue weighted by Crippen LogP contribution is -2.44. The molecule has 4 N–H and O–H groups in total. The van der Waals surface area contributed by atoms with Gasteiger partial charge in [0.05, 0.1) is 25.3 Å². The number of anilines is 2. The first-order valence-electron chi connectivity index (χ1n) is 16.5. The summed E-state index contributed by atoms with van der Waals surface area (Å²) in [7, 11) is 0. The molecule has 0 spiro atoms. The van der Waals surface area contributed by atoms with E-state index in [9.17, 15) is 24.6 Å². The van der Waals surface area contributed by atoms with E-state index in [4.69, 9.17) is 11.6 Å². The minimum Gasteiger partial charge on any atom is -0.395 e. The van der Waals surface area contributed by atoms with Crippen LogP contribution in [0.5, 0.6) is 0 Å². The highest BCUT2D eigenvalue weighted by Gasteiger charge is 2.52. The average molecular weight is 691 g/mol. The predicted molar refractivity (Wildman–Crippen MR) is 195 cm³/mol. The summed E-state index contributed by atoms with van der Waals surface area (Å²) in [4.78, 5) is 46.2. The van der Waals surface area contributed by atoms with Crippen molar-refractivity contribution in [1.29, 1.82) is 0 Å². The van der Waals surface area contributed by atoms with Crippen LogP contribution in [0.3, 0.4) is 0 Å². The fourth-order valence-electron chi connectivity index (χ4n) is 6.47. The smallest absolute Gasteiger partial charge is 0.264 e.